The van der Waals surface area contributed by atoms with Crippen LogP contribution in [0.5, 0.6) is 0 Å². The van der Waals surface area contributed by atoms with Crippen LogP contribution in [0.4, 0.5) is 0 Å². The number of rotatable bonds is 3. The summed E-state index contributed by atoms with van der Waals surface area (Å²) in [6, 6.07) is 0. The van der Waals surface area contributed by atoms with Crippen molar-refractivity contribution in [3.8, 4) is 0 Å². The molecule has 1 N–H and O–H groups in total. The number of hydrogen-bond donors (Lipinski definition) is 1. The normalized spacial score (nSPS) is 35.1. The summed E-state index contributed by atoms with van der Waals surface area (Å²) in [7, 11) is 0. The first-order chi connectivity index (χ1) is 6.05. The zero-order valence-corrected chi connectivity index (χ0v) is 10.3. The summed E-state index contributed by atoms with van der Waals surface area (Å²) in [5.41, 5.74) is 0.710. The summed E-state index contributed by atoms with van der Waals surface area (Å²) in [6.45, 7) is 3.93. The highest BCUT2D eigenvalue weighted by Gasteiger charge is 2.39. The Kier molecular flexibility index (Phi) is 3.91. The van der Waals surface area contributed by atoms with Crippen LogP contribution in [0, 0.1) is 5.92 Å². The molecular weight excluding hydrogens is 277 g/mol. The molecule has 0 amide bonds. The largest absolute Gasteiger partial charge is 0.390 e. The smallest absolute Gasteiger partial charge is 0.0632 e. The average Bonchev–Trinajstić information content (AvgIpc) is 2.00. The number of alkyl halides is 1. The Morgan fingerprint density at radius 1 is 1.69 bits per heavy atom. The molecule has 1 fully saturated rings. The van der Waals surface area contributed by atoms with Crippen LogP contribution in [0.3, 0.4) is 0 Å². The predicted molar refractivity (Wildman–Crippen MR) is 64.5 cm³/mol. The molecule has 13 heavy (non-hydrogen) atoms. The Labute approximate surface area is 93.3 Å². The number of allylic oxidation sites excluding steroid dienone is 1. The Hall–Kier alpha value is 0.1000. The molecule has 0 bridgehead atoms. The van der Waals surface area contributed by atoms with Crippen molar-refractivity contribution in [3.63, 3.8) is 0 Å². The lowest BCUT2D eigenvalue weighted by Gasteiger charge is -2.40. The van der Waals surface area contributed by atoms with Gasteiger partial charge in [0.05, 0.1) is 5.60 Å². The van der Waals surface area contributed by atoms with Crippen LogP contribution in [0.15, 0.2) is 17.3 Å². The van der Waals surface area contributed by atoms with E-state index in [0.717, 1.165) is 23.0 Å². The van der Waals surface area contributed by atoms with E-state index in [9.17, 15) is 5.11 Å². The predicted octanol–water partition coefficient (Wildman–Crippen LogP) is 2.56. The van der Waals surface area contributed by atoms with Crippen molar-refractivity contribution in [2.24, 2.45) is 10.9 Å². The molecular formula is C10H16INO. The van der Waals surface area contributed by atoms with Gasteiger partial charge in [-0.1, -0.05) is 28.7 Å². The first kappa shape index (κ1) is 11.2. The van der Waals surface area contributed by atoms with Crippen LogP contribution < -0.4 is 0 Å². The summed E-state index contributed by atoms with van der Waals surface area (Å²) in [6.07, 6.45) is 5.61. The van der Waals surface area contributed by atoms with Crippen molar-refractivity contribution >= 4 is 28.3 Å². The van der Waals surface area contributed by atoms with Crippen LogP contribution in [-0.2, 0) is 0 Å². The van der Waals surface area contributed by atoms with E-state index >= 15 is 0 Å². The monoisotopic (exact) mass is 293 g/mol. The molecule has 0 spiro atoms. The van der Waals surface area contributed by atoms with E-state index < -0.39 is 5.60 Å². The second-order valence-corrected chi connectivity index (χ2v) is 4.79. The lowest BCUT2D eigenvalue weighted by Crippen LogP contribution is -2.43. The number of nitrogens with zero attached hydrogens (tertiary/aromatic N) is 1. The number of hydrogen-bond acceptors (Lipinski definition) is 2. The standard InChI is InChI=1S/C10H16INO/c1-8(12-5-3-4-11)9-6-10(2,13)7-9/h3,5,9,13H,4,6-7H2,1-2H3/b5-3-,12-8+. The number of aliphatic hydroxyl groups is 1. The van der Waals surface area contributed by atoms with Gasteiger partial charge in [0, 0.05) is 22.3 Å². The molecule has 0 aromatic heterocycles. The van der Waals surface area contributed by atoms with Gasteiger partial charge in [-0.3, -0.25) is 4.99 Å². The van der Waals surface area contributed by atoms with Crippen LogP contribution >= 0.6 is 22.6 Å². The molecule has 3 heteroatoms. The maximum atomic E-state index is 9.53. The Bertz CT molecular complexity index is 225. The van der Waals surface area contributed by atoms with Crippen molar-refractivity contribution in [1.29, 1.82) is 0 Å². The lowest BCUT2D eigenvalue weighted by atomic mass is 9.70. The van der Waals surface area contributed by atoms with E-state index in [1.54, 1.807) is 0 Å². The van der Waals surface area contributed by atoms with Gasteiger partial charge in [0.15, 0.2) is 0 Å². The van der Waals surface area contributed by atoms with Crippen molar-refractivity contribution in [2.45, 2.75) is 32.3 Å². The van der Waals surface area contributed by atoms with Gasteiger partial charge >= 0.3 is 0 Å². The van der Waals surface area contributed by atoms with Gasteiger partial charge in [-0.15, -0.1) is 0 Å². The molecule has 0 radical (unpaired) electrons. The number of aliphatic imine (C=N–C) groups is 1. The van der Waals surface area contributed by atoms with Gasteiger partial charge < -0.3 is 5.11 Å². The lowest BCUT2D eigenvalue weighted by molar-refractivity contribution is -0.0357. The fourth-order valence-electron chi connectivity index (χ4n) is 1.61. The highest BCUT2D eigenvalue weighted by molar-refractivity contribution is 14.1. The maximum Gasteiger partial charge on any atom is 0.0632 e. The van der Waals surface area contributed by atoms with Crippen molar-refractivity contribution in [2.75, 3.05) is 4.43 Å². The molecule has 0 atom stereocenters. The van der Waals surface area contributed by atoms with Gasteiger partial charge in [0.2, 0.25) is 0 Å². The van der Waals surface area contributed by atoms with E-state index in [-0.39, 0.29) is 0 Å². The molecule has 1 rings (SSSR count). The van der Waals surface area contributed by atoms with Crippen LogP contribution in [0.1, 0.15) is 26.7 Å². The summed E-state index contributed by atoms with van der Waals surface area (Å²) in [5.74, 6) is 0.494. The number of halogens is 1. The van der Waals surface area contributed by atoms with Crippen molar-refractivity contribution < 1.29 is 5.11 Å². The third-order valence-electron chi connectivity index (χ3n) is 2.44. The van der Waals surface area contributed by atoms with E-state index in [1.807, 2.05) is 26.1 Å². The van der Waals surface area contributed by atoms with E-state index in [0.29, 0.717) is 5.92 Å². The molecule has 2 nitrogen and oxygen atoms in total. The Balaban J connectivity index is 2.38. The summed E-state index contributed by atoms with van der Waals surface area (Å²) < 4.78 is 0.997. The minimum Gasteiger partial charge on any atom is -0.390 e. The highest BCUT2D eigenvalue weighted by Crippen LogP contribution is 2.38. The third-order valence-corrected chi connectivity index (χ3v) is 2.94. The van der Waals surface area contributed by atoms with Gasteiger partial charge in [-0.05, 0) is 26.7 Å². The molecule has 0 unspecified atom stereocenters. The zero-order valence-electron chi connectivity index (χ0n) is 8.13. The summed E-state index contributed by atoms with van der Waals surface area (Å²) in [4.78, 5) is 4.32. The van der Waals surface area contributed by atoms with Gasteiger partial charge in [0.1, 0.15) is 0 Å². The molecule has 0 aliphatic heterocycles. The average molecular weight is 293 g/mol. The topological polar surface area (TPSA) is 32.6 Å². The fourth-order valence-corrected chi connectivity index (χ4v) is 1.84. The van der Waals surface area contributed by atoms with Crippen molar-refractivity contribution in [1.82, 2.24) is 0 Å². The molecule has 1 aliphatic rings. The van der Waals surface area contributed by atoms with Gasteiger partial charge in [0.25, 0.3) is 0 Å². The molecule has 0 heterocycles. The molecule has 0 aromatic rings. The van der Waals surface area contributed by atoms with Crippen LogP contribution in [-0.4, -0.2) is 20.8 Å². The minimum absolute atomic E-state index is 0.436. The fraction of sp³-hybridized carbons (Fsp3) is 0.700. The molecule has 1 aliphatic carbocycles. The quantitative estimate of drug-likeness (QED) is 0.484. The second-order valence-electron chi connectivity index (χ2n) is 3.91. The maximum absolute atomic E-state index is 9.53. The van der Waals surface area contributed by atoms with E-state index in [1.165, 1.54) is 0 Å². The van der Waals surface area contributed by atoms with E-state index in [4.69, 9.17) is 0 Å². The molecule has 74 valence electrons. The molecule has 1 saturated carbocycles. The summed E-state index contributed by atoms with van der Waals surface area (Å²) in [5, 5.41) is 9.53. The van der Waals surface area contributed by atoms with Gasteiger partial charge in [-0.25, -0.2) is 0 Å². The van der Waals surface area contributed by atoms with Crippen molar-refractivity contribution in [3.05, 3.63) is 12.3 Å². The molecule has 0 aromatic carbocycles. The Morgan fingerprint density at radius 2 is 2.31 bits per heavy atom. The SMILES string of the molecule is C/C(=N\C=C/CI)C1CC(C)(O)C1. The minimum atomic E-state index is -0.436. The molecule has 0 saturated heterocycles. The van der Waals surface area contributed by atoms with Crippen LogP contribution in [0.25, 0.3) is 0 Å². The first-order valence-electron chi connectivity index (χ1n) is 4.53. The first-order valence-corrected chi connectivity index (χ1v) is 6.05. The summed E-state index contributed by atoms with van der Waals surface area (Å²) >= 11 is 2.28. The Morgan fingerprint density at radius 3 is 2.77 bits per heavy atom. The second kappa shape index (κ2) is 4.55. The van der Waals surface area contributed by atoms with E-state index in [2.05, 4.69) is 27.6 Å². The zero-order chi connectivity index (χ0) is 9.90. The highest BCUT2D eigenvalue weighted by atomic mass is 127. The third kappa shape index (κ3) is 3.38. The van der Waals surface area contributed by atoms with Gasteiger partial charge in [-0.2, -0.15) is 0 Å². The van der Waals surface area contributed by atoms with Crippen LogP contribution in [0.2, 0.25) is 0 Å².